The fourth-order valence-corrected chi connectivity index (χ4v) is 1.70. The van der Waals surface area contributed by atoms with Crippen LogP contribution in [0, 0.1) is 5.82 Å². The average molecular weight is 260 g/mol. The first-order valence-corrected chi connectivity index (χ1v) is 5.74. The zero-order valence-electron chi connectivity index (χ0n) is 10.4. The minimum Gasteiger partial charge on any atom is -0.493 e. The number of hydrogen-bond acceptors (Lipinski definition) is 3. The Morgan fingerprint density at radius 3 is 2.53 bits per heavy atom. The predicted molar refractivity (Wildman–Crippen MR) is 69.1 cm³/mol. The summed E-state index contributed by atoms with van der Waals surface area (Å²) in [5, 5.41) is 0. The fourth-order valence-electron chi connectivity index (χ4n) is 1.70. The van der Waals surface area contributed by atoms with Gasteiger partial charge >= 0.3 is 0 Å². The van der Waals surface area contributed by atoms with Crippen molar-refractivity contribution >= 4 is 6.29 Å². The highest BCUT2D eigenvalue weighted by Crippen LogP contribution is 2.29. The van der Waals surface area contributed by atoms with E-state index in [1.54, 1.807) is 0 Å². The molecule has 0 aliphatic carbocycles. The van der Waals surface area contributed by atoms with Crippen LogP contribution in [0.3, 0.4) is 0 Å². The molecule has 0 fully saturated rings. The monoisotopic (exact) mass is 260 g/mol. The first-order valence-electron chi connectivity index (χ1n) is 5.74. The minimum absolute atomic E-state index is 0.0614. The molecule has 0 saturated carbocycles. The molecule has 0 bridgehead atoms. The summed E-state index contributed by atoms with van der Waals surface area (Å²) in [5.41, 5.74) is 1.09. The van der Waals surface area contributed by atoms with E-state index in [4.69, 9.17) is 9.47 Å². The maximum absolute atomic E-state index is 14.0. The molecule has 0 amide bonds. The SMILES string of the molecule is COc1c(C=O)ccc(OCc2ccccc2)c1F. The van der Waals surface area contributed by atoms with E-state index in [9.17, 15) is 9.18 Å². The van der Waals surface area contributed by atoms with Gasteiger partial charge in [-0.05, 0) is 17.7 Å². The summed E-state index contributed by atoms with van der Waals surface area (Å²) in [7, 11) is 1.31. The van der Waals surface area contributed by atoms with Gasteiger partial charge in [-0.15, -0.1) is 0 Å². The molecule has 0 aliphatic rings. The third-order valence-corrected chi connectivity index (χ3v) is 2.66. The normalized spacial score (nSPS) is 10.0. The Morgan fingerprint density at radius 1 is 1.16 bits per heavy atom. The molecule has 2 aromatic carbocycles. The van der Waals surface area contributed by atoms with Gasteiger partial charge in [0.05, 0.1) is 12.7 Å². The Kier molecular flexibility index (Phi) is 4.13. The summed E-state index contributed by atoms with van der Waals surface area (Å²) >= 11 is 0. The molecule has 2 aromatic rings. The van der Waals surface area contributed by atoms with Crippen LogP contribution in [0.25, 0.3) is 0 Å². The van der Waals surface area contributed by atoms with E-state index in [-0.39, 0.29) is 23.7 Å². The lowest BCUT2D eigenvalue weighted by Crippen LogP contribution is -2.01. The summed E-state index contributed by atoms with van der Waals surface area (Å²) in [6.07, 6.45) is 0.545. The van der Waals surface area contributed by atoms with Crippen molar-refractivity contribution in [3.63, 3.8) is 0 Å². The van der Waals surface area contributed by atoms with Crippen molar-refractivity contribution in [1.82, 2.24) is 0 Å². The molecule has 0 spiro atoms. The highest BCUT2D eigenvalue weighted by molar-refractivity contribution is 5.80. The number of hydrogen-bond donors (Lipinski definition) is 0. The van der Waals surface area contributed by atoms with E-state index >= 15 is 0 Å². The molecule has 98 valence electrons. The van der Waals surface area contributed by atoms with Gasteiger partial charge in [0.2, 0.25) is 5.82 Å². The van der Waals surface area contributed by atoms with Crippen molar-refractivity contribution in [2.24, 2.45) is 0 Å². The molecule has 0 saturated heterocycles. The Bertz CT molecular complexity index is 567. The lowest BCUT2D eigenvalue weighted by molar-refractivity contribution is 0.111. The van der Waals surface area contributed by atoms with E-state index in [1.165, 1.54) is 19.2 Å². The van der Waals surface area contributed by atoms with Gasteiger partial charge in [-0.2, -0.15) is 4.39 Å². The third-order valence-electron chi connectivity index (χ3n) is 2.66. The standard InChI is InChI=1S/C15H13FO3/c1-18-15-12(9-17)7-8-13(14(15)16)19-10-11-5-3-2-4-6-11/h2-9H,10H2,1H3. The molecule has 0 aromatic heterocycles. The summed E-state index contributed by atoms with van der Waals surface area (Å²) in [5.74, 6) is -0.699. The Labute approximate surface area is 110 Å². The topological polar surface area (TPSA) is 35.5 Å². The van der Waals surface area contributed by atoms with Gasteiger partial charge in [-0.1, -0.05) is 30.3 Å². The van der Waals surface area contributed by atoms with E-state index in [0.717, 1.165) is 5.56 Å². The van der Waals surface area contributed by atoms with E-state index in [1.807, 2.05) is 30.3 Å². The van der Waals surface area contributed by atoms with E-state index in [2.05, 4.69) is 0 Å². The smallest absolute Gasteiger partial charge is 0.207 e. The van der Waals surface area contributed by atoms with Crippen LogP contribution in [0.2, 0.25) is 0 Å². The number of methoxy groups -OCH3 is 1. The van der Waals surface area contributed by atoms with Gasteiger partial charge in [0.15, 0.2) is 17.8 Å². The Balaban J connectivity index is 2.19. The van der Waals surface area contributed by atoms with Gasteiger partial charge < -0.3 is 9.47 Å². The second-order valence-corrected chi connectivity index (χ2v) is 3.89. The maximum atomic E-state index is 14.0. The second kappa shape index (κ2) is 6.00. The van der Waals surface area contributed by atoms with Crippen LogP contribution in [0.4, 0.5) is 4.39 Å². The zero-order chi connectivity index (χ0) is 13.7. The van der Waals surface area contributed by atoms with Crippen molar-refractivity contribution in [3.8, 4) is 11.5 Å². The molecule has 4 heteroatoms. The molecule has 0 radical (unpaired) electrons. The van der Waals surface area contributed by atoms with Crippen LogP contribution >= 0.6 is 0 Å². The van der Waals surface area contributed by atoms with Crippen molar-refractivity contribution in [2.75, 3.05) is 7.11 Å². The third kappa shape index (κ3) is 2.91. The molecule has 0 unspecified atom stereocenters. The summed E-state index contributed by atoms with van der Waals surface area (Å²) in [6.45, 7) is 0.251. The van der Waals surface area contributed by atoms with Gasteiger partial charge in [0.1, 0.15) is 6.61 Å². The van der Waals surface area contributed by atoms with Crippen LogP contribution < -0.4 is 9.47 Å². The van der Waals surface area contributed by atoms with Crippen molar-refractivity contribution in [3.05, 3.63) is 59.4 Å². The lowest BCUT2D eigenvalue weighted by atomic mass is 10.2. The van der Waals surface area contributed by atoms with Crippen molar-refractivity contribution < 1.29 is 18.7 Å². The van der Waals surface area contributed by atoms with Crippen molar-refractivity contribution in [2.45, 2.75) is 6.61 Å². The van der Waals surface area contributed by atoms with Gasteiger partial charge in [-0.3, -0.25) is 4.79 Å². The largest absolute Gasteiger partial charge is 0.493 e. The molecular formula is C15H13FO3. The number of benzene rings is 2. The second-order valence-electron chi connectivity index (χ2n) is 3.89. The summed E-state index contributed by atoms with van der Waals surface area (Å²) in [6, 6.07) is 12.3. The molecular weight excluding hydrogens is 247 g/mol. The summed E-state index contributed by atoms with van der Waals surface area (Å²) < 4.78 is 24.3. The Hall–Kier alpha value is -2.36. The molecule has 2 rings (SSSR count). The molecule has 19 heavy (non-hydrogen) atoms. The van der Waals surface area contributed by atoms with Gasteiger partial charge in [0, 0.05) is 0 Å². The molecule has 0 N–H and O–H groups in total. The zero-order valence-corrected chi connectivity index (χ0v) is 10.4. The van der Waals surface area contributed by atoms with Crippen LogP contribution in [-0.2, 0) is 6.61 Å². The highest BCUT2D eigenvalue weighted by atomic mass is 19.1. The van der Waals surface area contributed by atoms with E-state index in [0.29, 0.717) is 6.29 Å². The molecule has 0 aliphatic heterocycles. The summed E-state index contributed by atoms with van der Waals surface area (Å²) in [4.78, 5) is 10.7. The number of ether oxygens (including phenoxy) is 2. The molecule has 0 heterocycles. The van der Waals surface area contributed by atoms with E-state index < -0.39 is 5.82 Å². The van der Waals surface area contributed by atoms with Crippen LogP contribution in [0.1, 0.15) is 15.9 Å². The van der Waals surface area contributed by atoms with Crippen LogP contribution in [-0.4, -0.2) is 13.4 Å². The number of carbonyl (C=O) groups excluding carboxylic acids is 1. The highest BCUT2D eigenvalue weighted by Gasteiger charge is 2.14. The molecule has 3 nitrogen and oxygen atoms in total. The predicted octanol–water partition coefficient (Wildman–Crippen LogP) is 3.23. The number of aldehydes is 1. The van der Waals surface area contributed by atoms with Crippen LogP contribution in [0.5, 0.6) is 11.5 Å². The maximum Gasteiger partial charge on any atom is 0.207 e. The number of carbonyl (C=O) groups is 1. The average Bonchev–Trinajstić information content (AvgIpc) is 2.46. The van der Waals surface area contributed by atoms with Crippen LogP contribution in [0.15, 0.2) is 42.5 Å². The number of halogens is 1. The first-order chi connectivity index (χ1) is 9.26. The first kappa shape index (κ1) is 13.1. The fraction of sp³-hybridized carbons (Fsp3) is 0.133. The quantitative estimate of drug-likeness (QED) is 0.774. The lowest BCUT2D eigenvalue weighted by Gasteiger charge is -2.11. The molecule has 0 atom stereocenters. The van der Waals surface area contributed by atoms with Gasteiger partial charge in [0.25, 0.3) is 0 Å². The Morgan fingerprint density at radius 2 is 1.89 bits per heavy atom. The van der Waals surface area contributed by atoms with Gasteiger partial charge in [-0.25, -0.2) is 0 Å². The minimum atomic E-state index is -0.664. The van der Waals surface area contributed by atoms with Crippen molar-refractivity contribution in [1.29, 1.82) is 0 Å². The number of rotatable bonds is 5.